The Morgan fingerprint density at radius 3 is 2.36 bits per heavy atom. The number of nitrogens with zero attached hydrogens (tertiary/aromatic N) is 1. The molecule has 0 radical (unpaired) electrons. The fraction of sp³-hybridized carbons (Fsp3) is 0.517. The van der Waals surface area contributed by atoms with Crippen molar-refractivity contribution in [2.45, 2.75) is 71.8 Å². The molecule has 2 aromatic carbocycles. The Morgan fingerprint density at radius 1 is 0.972 bits per heavy atom. The largest absolute Gasteiger partial charge is 0.492 e. The number of unbranched alkanes of at least 4 members (excludes halogenated alkanes) is 5. The number of benzene rings is 2. The van der Waals surface area contributed by atoms with Crippen LogP contribution in [0.25, 0.3) is 0 Å². The van der Waals surface area contributed by atoms with Crippen molar-refractivity contribution in [2.24, 2.45) is 0 Å². The molecule has 0 spiro atoms. The first-order chi connectivity index (χ1) is 17.4. The highest BCUT2D eigenvalue weighted by Gasteiger charge is 2.18. The fourth-order valence-corrected chi connectivity index (χ4v) is 3.95. The Hall–Kier alpha value is -3.06. The van der Waals surface area contributed by atoms with Gasteiger partial charge in [-0.3, -0.25) is 0 Å². The number of rotatable bonds is 17. The average molecular weight is 499 g/mol. The molecule has 0 fully saturated rings. The van der Waals surface area contributed by atoms with Gasteiger partial charge in [-0.2, -0.15) is 0 Å². The smallest absolute Gasteiger partial charge is 0.333 e. The molecule has 1 unspecified atom stereocenters. The van der Waals surface area contributed by atoms with Gasteiger partial charge in [0.05, 0.1) is 6.54 Å². The van der Waals surface area contributed by atoms with E-state index in [-0.39, 0.29) is 6.03 Å². The second-order valence-electron chi connectivity index (χ2n) is 9.03. The maximum Gasteiger partial charge on any atom is 0.333 e. The van der Waals surface area contributed by atoms with Crippen LogP contribution in [0.2, 0.25) is 0 Å². The summed E-state index contributed by atoms with van der Waals surface area (Å²) >= 11 is 0. The zero-order valence-electron chi connectivity index (χ0n) is 22.0. The third kappa shape index (κ3) is 11.1. The Kier molecular flexibility index (Phi) is 13.4. The molecule has 0 aliphatic carbocycles. The Bertz CT molecular complexity index is 916. The highest BCUT2D eigenvalue weighted by molar-refractivity contribution is 5.89. The van der Waals surface area contributed by atoms with Gasteiger partial charge in [-0.15, -0.1) is 0 Å². The van der Waals surface area contributed by atoms with E-state index in [0.717, 1.165) is 29.7 Å². The van der Waals surface area contributed by atoms with Gasteiger partial charge < -0.3 is 24.8 Å². The molecule has 2 N–H and O–H groups in total. The highest BCUT2D eigenvalue weighted by Crippen LogP contribution is 2.16. The predicted octanol–water partition coefficient (Wildman–Crippen LogP) is 6.30. The summed E-state index contributed by atoms with van der Waals surface area (Å²) in [6, 6.07) is 15.0. The van der Waals surface area contributed by atoms with E-state index in [4.69, 9.17) is 9.47 Å². The topological polar surface area (TPSA) is 88.1 Å². The quantitative estimate of drug-likeness (QED) is 0.250. The SMILES string of the molecule is CCCCCCCCN(CCOc1ccc(CC(OCC)C(=O)O)cc1)C(=O)Nc1cccc(C)c1. The second-order valence-corrected chi connectivity index (χ2v) is 9.03. The molecule has 2 rings (SSSR count). The van der Waals surface area contributed by atoms with Crippen molar-refractivity contribution >= 4 is 17.7 Å². The zero-order chi connectivity index (χ0) is 26.2. The second kappa shape index (κ2) is 16.6. The number of anilines is 1. The average Bonchev–Trinajstić information content (AvgIpc) is 2.85. The number of aliphatic carboxylic acids is 1. The molecule has 0 heterocycles. The Balaban J connectivity index is 1.89. The molecule has 0 aliphatic heterocycles. The molecule has 198 valence electrons. The standard InChI is InChI=1S/C29H42N2O5/c1-4-6-7-8-9-10-18-31(29(34)30-25-13-11-12-23(3)21-25)19-20-36-26-16-14-24(15-17-26)22-27(28(32)33)35-5-2/h11-17,21,27H,4-10,18-20,22H2,1-3H3,(H,30,34)(H,32,33). The van der Waals surface area contributed by atoms with E-state index < -0.39 is 12.1 Å². The summed E-state index contributed by atoms with van der Waals surface area (Å²) in [4.78, 5) is 26.1. The molecule has 7 nitrogen and oxygen atoms in total. The molecule has 7 heteroatoms. The summed E-state index contributed by atoms with van der Waals surface area (Å²) in [7, 11) is 0. The number of carboxylic acids is 1. The predicted molar refractivity (Wildman–Crippen MR) is 144 cm³/mol. The number of hydrogen-bond acceptors (Lipinski definition) is 4. The van der Waals surface area contributed by atoms with E-state index in [1.807, 2.05) is 60.4 Å². The maximum absolute atomic E-state index is 13.0. The summed E-state index contributed by atoms with van der Waals surface area (Å²) in [5, 5.41) is 12.3. The first kappa shape index (κ1) is 29.2. The summed E-state index contributed by atoms with van der Waals surface area (Å²) in [6.07, 6.45) is 6.42. The third-order valence-corrected chi connectivity index (χ3v) is 5.96. The lowest BCUT2D eigenvalue weighted by Crippen LogP contribution is -2.38. The van der Waals surface area contributed by atoms with Gasteiger partial charge in [0.15, 0.2) is 6.10 Å². The van der Waals surface area contributed by atoms with Gasteiger partial charge in [0.1, 0.15) is 12.4 Å². The molecular weight excluding hydrogens is 456 g/mol. The normalized spacial score (nSPS) is 11.6. The first-order valence-electron chi connectivity index (χ1n) is 13.1. The Morgan fingerprint density at radius 2 is 1.69 bits per heavy atom. The van der Waals surface area contributed by atoms with Crippen LogP contribution < -0.4 is 10.1 Å². The fourth-order valence-electron chi connectivity index (χ4n) is 3.95. The van der Waals surface area contributed by atoms with E-state index >= 15 is 0 Å². The number of aryl methyl sites for hydroxylation is 1. The van der Waals surface area contributed by atoms with Crippen LogP contribution in [0.3, 0.4) is 0 Å². The third-order valence-electron chi connectivity index (χ3n) is 5.96. The molecule has 0 saturated carbocycles. The maximum atomic E-state index is 13.0. The van der Waals surface area contributed by atoms with Crippen molar-refractivity contribution in [1.82, 2.24) is 4.90 Å². The molecule has 1 atom stereocenters. The number of carbonyl (C=O) groups excluding carboxylic acids is 1. The lowest BCUT2D eigenvalue weighted by Gasteiger charge is -2.23. The van der Waals surface area contributed by atoms with Crippen molar-refractivity contribution in [1.29, 1.82) is 0 Å². The van der Waals surface area contributed by atoms with Crippen LogP contribution in [-0.4, -0.2) is 54.4 Å². The van der Waals surface area contributed by atoms with Crippen LogP contribution in [0.5, 0.6) is 5.75 Å². The number of urea groups is 1. The van der Waals surface area contributed by atoms with Gasteiger partial charge in [0, 0.05) is 25.3 Å². The van der Waals surface area contributed by atoms with Gasteiger partial charge in [-0.05, 0) is 55.7 Å². The number of carbonyl (C=O) groups is 2. The first-order valence-corrected chi connectivity index (χ1v) is 13.1. The molecule has 36 heavy (non-hydrogen) atoms. The van der Waals surface area contributed by atoms with E-state index in [9.17, 15) is 14.7 Å². The van der Waals surface area contributed by atoms with Crippen molar-refractivity contribution in [2.75, 3.05) is 31.6 Å². The van der Waals surface area contributed by atoms with Gasteiger partial charge >= 0.3 is 12.0 Å². The molecule has 0 saturated heterocycles. The molecular formula is C29H42N2O5. The summed E-state index contributed by atoms with van der Waals surface area (Å²) in [5.74, 6) is -0.285. The minimum atomic E-state index is -0.966. The van der Waals surface area contributed by atoms with E-state index in [0.29, 0.717) is 38.5 Å². The summed E-state index contributed by atoms with van der Waals surface area (Å²) < 4.78 is 11.2. The minimum absolute atomic E-state index is 0.122. The Labute approximate surface area is 215 Å². The zero-order valence-corrected chi connectivity index (χ0v) is 22.0. The van der Waals surface area contributed by atoms with Gasteiger partial charge in [0.25, 0.3) is 0 Å². The molecule has 0 aromatic heterocycles. The van der Waals surface area contributed by atoms with Crippen molar-refractivity contribution in [3.05, 3.63) is 59.7 Å². The minimum Gasteiger partial charge on any atom is -0.492 e. The molecule has 2 aromatic rings. The summed E-state index contributed by atoms with van der Waals surface area (Å²) in [5.41, 5.74) is 2.75. The van der Waals surface area contributed by atoms with Crippen LogP contribution in [0.1, 0.15) is 63.5 Å². The van der Waals surface area contributed by atoms with Crippen LogP contribution in [-0.2, 0) is 16.0 Å². The van der Waals surface area contributed by atoms with Gasteiger partial charge in [-0.25, -0.2) is 9.59 Å². The number of ether oxygens (including phenoxy) is 2. The summed E-state index contributed by atoms with van der Waals surface area (Å²) in [6.45, 7) is 7.86. The van der Waals surface area contributed by atoms with Crippen molar-refractivity contribution in [3.8, 4) is 5.75 Å². The molecule has 0 aliphatic rings. The lowest BCUT2D eigenvalue weighted by atomic mass is 10.1. The monoisotopic (exact) mass is 498 g/mol. The van der Waals surface area contributed by atoms with Crippen LogP contribution in [0, 0.1) is 6.92 Å². The van der Waals surface area contributed by atoms with Crippen LogP contribution >= 0.6 is 0 Å². The number of carboxylic acid groups (broad SMARTS) is 1. The van der Waals surface area contributed by atoms with E-state index in [1.165, 1.54) is 25.7 Å². The van der Waals surface area contributed by atoms with Gasteiger partial charge in [0.2, 0.25) is 0 Å². The molecule has 0 bridgehead atoms. The van der Waals surface area contributed by atoms with Crippen molar-refractivity contribution < 1.29 is 24.2 Å². The van der Waals surface area contributed by atoms with E-state index in [1.54, 1.807) is 6.92 Å². The number of nitrogens with one attached hydrogen (secondary N) is 1. The van der Waals surface area contributed by atoms with E-state index in [2.05, 4.69) is 12.2 Å². The van der Waals surface area contributed by atoms with Crippen LogP contribution in [0.4, 0.5) is 10.5 Å². The molecule has 2 amide bonds. The van der Waals surface area contributed by atoms with Crippen LogP contribution in [0.15, 0.2) is 48.5 Å². The number of hydrogen-bond donors (Lipinski definition) is 2. The lowest BCUT2D eigenvalue weighted by molar-refractivity contribution is -0.149. The highest BCUT2D eigenvalue weighted by atomic mass is 16.5. The van der Waals surface area contributed by atoms with Crippen molar-refractivity contribution in [3.63, 3.8) is 0 Å². The van der Waals surface area contributed by atoms with Gasteiger partial charge in [-0.1, -0.05) is 63.3 Å². The number of amides is 2.